The number of nitriles is 1. The van der Waals surface area contributed by atoms with Crippen LogP contribution in [0, 0.1) is 11.3 Å². The van der Waals surface area contributed by atoms with Crippen molar-refractivity contribution in [3.63, 3.8) is 0 Å². The fourth-order valence-electron chi connectivity index (χ4n) is 3.54. The van der Waals surface area contributed by atoms with Crippen LogP contribution in [-0.2, 0) is 4.79 Å². The smallest absolute Gasteiger partial charge is 0.256 e. The summed E-state index contributed by atoms with van der Waals surface area (Å²) in [6.07, 6.45) is 7.26. The first kappa shape index (κ1) is 19.3. The number of likely N-dealkylation sites (tertiary alicyclic amines) is 1. The molecule has 0 saturated carbocycles. The van der Waals surface area contributed by atoms with Crippen molar-refractivity contribution in [3.8, 4) is 11.8 Å². The van der Waals surface area contributed by atoms with E-state index in [1.54, 1.807) is 21.8 Å². The average molecular weight is 400 g/mol. The summed E-state index contributed by atoms with van der Waals surface area (Å²) in [5, 5.41) is 16.0. The van der Waals surface area contributed by atoms with Gasteiger partial charge in [0.25, 0.3) is 5.91 Å². The van der Waals surface area contributed by atoms with Gasteiger partial charge in [0.05, 0.1) is 11.3 Å². The lowest BCUT2D eigenvalue weighted by molar-refractivity contribution is -0.121. The number of nitrogens with one attached hydrogen (secondary N) is 1. The fraction of sp³-hybridized carbons (Fsp3) is 0.227. The maximum absolute atomic E-state index is 13.0. The maximum Gasteiger partial charge on any atom is 0.256 e. The molecule has 0 spiro atoms. The second kappa shape index (κ2) is 8.57. The molecule has 1 aliphatic rings. The highest BCUT2D eigenvalue weighted by Gasteiger charge is 2.32. The van der Waals surface area contributed by atoms with Crippen LogP contribution in [0.5, 0.6) is 0 Å². The molecule has 0 radical (unpaired) electrons. The third-order valence-corrected chi connectivity index (χ3v) is 5.10. The second-order valence-corrected chi connectivity index (χ2v) is 7.04. The number of nitrogens with zero attached hydrogens (tertiary/aromatic N) is 5. The van der Waals surface area contributed by atoms with Crippen LogP contribution >= 0.6 is 0 Å². The summed E-state index contributed by atoms with van der Waals surface area (Å²) < 4.78 is 1.73. The molecule has 0 aliphatic carbocycles. The van der Waals surface area contributed by atoms with E-state index in [0.717, 1.165) is 18.5 Å². The first-order chi connectivity index (χ1) is 14.7. The molecule has 1 aromatic carbocycles. The van der Waals surface area contributed by atoms with Gasteiger partial charge in [0.1, 0.15) is 17.8 Å². The lowest BCUT2D eigenvalue weighted by Crippen LogP contribution is -2.50. The second-order valence-electron chi connectivity index (χ2n) is 7.04. The molecule has 2 amide bonds. The van der Waals surface area contributed by atoms with E-state index >= 15 is 0 Å². The van der Waals surface area contributed by atoms with Gasteiger partial charge in [-0.05, 0) is 61.7 Å². The SMILES string of the molecule is N#Cc1ccc(C(=O)N2CCCC[C@H]2C(=O)Nc2ccc(-n3cccn3)cc2)cn1. The summed E-state index contributed by atoms with van der Waals surface area (Å²) in [5.74, 6) is -0.461. The Bertz CT molecular complexity index is 1070. The molecule has 4 rings (SSSR count). The van der Waals surface area contributed by atoms with Crippen molar-refractivity contribution in [1.29, 1.82) is 5.26 Å². The number of anilines is 1. The van der Waals surface area contributed by atoms with Gasteiger partial charge in [-0.15, -0.1) is 0 Å². The van der Waals surface area contributed by atoms with Gasteiger partial charge in [0.2, 0.25) is 5.91 Å². The molecule has 2 aromatic heterocycles. The standard InChI is InChI=1S/C22H20N6O2/c23-14-18-6-5-16(15-24-18)22(30)27-12-2-1-4-20(27)21(29)26-17-7-9-19(10-8-17)28-13-3-11-25-28/h3,5-11,13,15,20H,1-2,4,12H2,(H,26,29)/t20-/m0/s1. The van der Waals surface area contributed by atoms with Gasteiger partial charge in [0, 0.05) is 30.8 Å². The van der Waals surface area contributed by atoms with Crippen molar-refractivity contribution < 1.29 is 9.59 Å². The number of carbonyl (C=O) groups is 2. The van der Waals surface area contributed by atoms with E-state index in [4.69, 9.17) is 5.26 Å². The number of carbonyl (C=O) groups excluding carboxylic acids is 2. The van der Waals surface area contributed by atoms with Crippen LogP contribution in [0.25, 0.3) is 5.69 Å². The average Bonchev–Trinajstić information content (AvgIpc) is 3.34. The van der Waals surface area contributed by atoms with Crippen LogP contribution in [0.15, 0.2) is 61.1 Å². The fourth-order valence-corrected chi connectivity index (χ4v) is 3.54. The largest absolute Gasteiger partial charge is 0.327 e. The lowest BCUT2D eigenvalue weighted by atomic mass is 10.00. The van der Waals surface area contributed by atoms with Crippen LogP contribution < -0.4 is 5.32 Å². The van der Waals surface area contributed by atoms with Gasteiger partial charge < -0.3 is 10.2 Å². The minimum absolute atomic E-state index is 0.212. The van der Waals surface area contributed by atoms with Gasteiger partial charge in [-0.2, -0.15) is 10.4 Å². The van der Waals surface area contributed by atoms with Crippen molar-refractivity contribution in [1.82, 2.24) is 19.7 Å². The predicted octanol–water partition coefficient (Wildman–Crippen LogP) is 2.77. The molecule has 1 atom stereocenters. The molecular formula is C22H20N6O2. The van der Waals surface area contributed by atoms with Crippen LogP contribution in [0.4, 0.5) is 5.69 Å². The van der Waals surface area contributed by atoms with Gasteiger partial charge in [-0.3, -0.25) is 9.59 Å². The monoisotopic (exact) mass is 400 g/mol. The van der Waals surface area contributed by atoms with E-state index in [2.05, 4.69) is 15.4 Å². The van der Waals surface area contributed by atoms with E-state index in [-0.39, 0.29) is 17.5 Å². The Morgan fingerprint density at radius 3 is 2.63 bits per heavy atom. The van der Waals surface area contributed by atoms with E-state index in [0.29, 0.717) is 24.2 Å². The number of hydrogen-bond acceptors (Lipinski definition) is 5. The molecule has 3 heterocycles. The summed E-state index contributed by atoms with van der Waals surface area (Å²) in [6.45, 7) is 0.509. The molecule has 0 bridgehead atoms. The van der Waals surface area contributed by atoms with Gasteiger partial charge in [0.15, 0.2) is 0 Å². The van der Waals surface area contributed by atoms with E-state index in [1.165, 1.54) is 12.3 Å². The zero-order valence-electron chi connectivity index (χ0n) is 16.2. The van der Waals surface area contributed by atoms with E-state index in [1.807, 2.05) is 42.6 Å². The van der Waals surface area contributed by atoms with Crippen LogP contribution in [0.1, 0.15) is 35.3 Å². The third kappa shape index (κ3) is 4.05. The first-order valence-corrected chi connectivity index (χ1v) is 9.74. The zero-order chi connectivity index (χ0) is 20.9. The number of amides is 2. The van der Waals surface area contributed by atoms with Crippen molar-refractivity contribution in [2.24, 2.45) is 0 Å². The van der Waals surface area contributed by atoms with Crippen molar-refractivity contribution >= 4 is 17.5 Å². The summed E-state index contributed by atoms with van der Waals surface area (Å²) in [5.41, 5.74) is 2.17. The number of aromatic nitrogens is 3. The molecular weight excluding hydrogens is 380 g/mol. The Kier molecular flexibility index (Phi) is 5.52. The maximum atomic E-state index is 13.0. The molecule has 8 heteroatoms. The molecule has 30 heavy (non-hydrogen) atoms. The number of pyridine rings is 1. The van der Waals surface area contributed by atoms with Crippen LogP contribution in [-0.4, -0.2) is 44.1 Å². The van der Waals surface area contributed by atoms with Crippen LogP contribution in [0.3, 0.4) is 0 Å². The van der Waals surface area contributed by atoms with Gasteiger partial charge >= 0.3 is 0 Å². The zero-order valence-corrected chi connectivity index (χ0v) is 16.2. The minimum atomic E-state index is -0.548. The van der Waals surface area contributed by atoms with Gasteiger partial charge in [-0.25, -0.2) is 9.67 Å². The van der Waals surface area contributed by atoms with E-state index < -0.39 is 6.04 Å². The highest BCUT2D eigenvalue weighted by atomic mass is 16.2. The highest BCUT2D eigenvalue weighted by molar-refractivity contribution is 6.01. The Labute approximate surface area is 173 Å². The summed E-state index contributed by atoms with van der Waals surface area (Å²) in [6, 6.07) is 13.7. The summed E-state index contributed by atoms with van der Waals surface area (Å²) >= 11 is 0. The molecule has 1 fully saturated rings. The Balaban J connectivity index is 1.47. The quantitative estimate of drug-likeness (QED) is 0.725. The number of benzene rings is 1. The Morgan fingerprint density at radius 1 is 1.13 bits per heavy atom. The first-order valence-electron chi connectivity index (χ1n) is 9.74. The molecule has 150 valence electrons. The Hall–Kier alpha value is -3.99. The molecule has 0 unspecified atom stereocenters. The Morgan fingerprint density at radius 2 is 1.97 bits per heavy atom. The van der Waals surface area contributed by atoms with Crippen molar-refractivity contribution in [2.75, 3.05) is 11.9 Å². The normalized spacial score (nSPS) is 16.0. The lowest BCUT2D eigenvalue weighted by Gasteiger charge is -2.34. The number of hydrogen-bond donors (Lipinski definition) is 1. The molecule has 3 aromatic rings. The molecule has 1 saturated heterocycles. The van der Waals surface area contributed by atoms with Crippen LogP contribution in [0.2, 0.25) is 0 Å². The van der Waals surface area contributed by atoms with Crippen molar-refractivity contribution in [2.45, 2.75) is 25.3 Å². The number of piperidine rings is 1. The molecule has 8 nitrogen and oxygen atoms in total. The van der Waals surface area contributed by atoms with Crippen molar-refractivity contribution in [3.05, 3.63) is 72.3 Å². The topological polar surface area (TPSA) is 104 Å². The molecule has 1 N–H and O–H groups in total. The molecule has 1 aliphatic heterocycles. The highest BCUT2D eigenvalue weighted by Crippen LogP contribution is 2.22. The number of rotatable bonds is 4. The third-order valence-electron chi connectivity index (χ3n) is 5.10. The minimum Gasteiger partial charge on any atom is -0.327 e. The summed E-state index contributed by atoms with van der Waals surface area (Å²) in [4.78, 5) is 31.5. The predicted molar refractivity (Wildman–Crippen MR) is 110 cm³/mol. The summed E-state index contributed by atoms with van der Waals surface area (Å²) in [7, 11) is 0. The van der Waals surface area contributed by atoms with Gasteiger partial charge in [-0.1, -0.05) is 0 Å². The van der Waals surface area contributed by atoms with E-state index in [9.17, 15) is 9.59 Å².